The highest BCUT2D eigenvalue weighted by Crippen LogP contribution is 2.26. The number of sulfonamides is 2. The van der Waals surface area contributed by atoms with E-state index >= 15 is 0 Å². The van der Waals surface area contributed by atoms with Crippen LogP contribution in [0.1, 0.15) is 21.5 Å². The number of carbonyl (C=O) groups excluding carboxylic acids is 1. The molecule has 3 rings (SSSR count). The van der Waals surface area contributed by atoms with Gasteiger partial charge in [-0.15, -0.1) is 0 Å². The molecule has 0 aliphatic carbocycles. The predicted molar refractivity (Wildman–Crippen MR) is 134 cm³/mol. The summed E-state index contributed by atoms with van der Waals surface area (Å²) in [4.78, 5) is 12.8. The van der Waals surface area contributed by atoms with E-state index in [0.29, 0.717) is 12.0 Å². The molecule has 0 saturated carbocycles. The van der Waals surface area contributed by atoms with Gasteiger partial charge >= 0.3 is 0 Å². The van der Waals surface area contributed by atoms with Crippen LogP contribution in [0.3, 0.4) is 0 Å². The second kappa shape index (κ2) is 11.0. The topological polar surface area (TPSA) is 131 Å². The van der Waals surface area contributed by atoms with E-state index in [0.717, 1.165) is 5.56 Å². The highest BCUT2D eigenvalue weighted by Gasteiger charge is 2.22. The molecule has 0 spiro atoms. The first-order valence-electron chi connectivity index (χ1n) is 10.6. The molecule has 1 amide bonds. The first-order chi connectivity index (χ1) is 16.6. The van der Waals surface area contributed by atoms with Crippen molar-refractivity contribution in [2.75, 3.05) is 26.0 Å². The Labute approximate surface area is 205 Å². The van der Waals surface area contributed by atoms with E-state index in [1.165, 1.54) is 44.5 Å². The van der Waals surface area contributed by atoms with E-state index in [-0.39, 0.29) is 33.3 Å². The lowest BCUT2D eigenvalue weighted by Crippen LogP contribution is -2.27. The van der Waals surface area contributed by atoms with E-state index in [1.807, 2.05) is 30.3 Å². The monoisotopic (exact) mass is 517 g/mol. The van der Waals surface area contributed by atoms with Crippen molar-refractivity contribution in [2.24, 2.45) is 0 Å². The number of hydrogen-bond acceptors (Lipinski definition) is 6. The molecule has 0 fully saturated rings. The molecule has 0 saturated heterocycles. The summed E-state index contributed by atoms with van der Waals surface area (Å²) in [6.45, 7) is 1.88. The van der Waals surface area contributed by atoms with Crippen LogP contribution in [0.4, 0.5) is 5.69 Å². The van der Waals surface area contributed by atoms with Gasteiger partial charge in [-0.1, -0.05) is 36.4 Å². The zero-order chi connectivity index (χ0) is 25.6. The van der Waals surface area contributed by atoms with Crippen LogP contribution >= 0.6 is 0 Å². The summed E-state index contributed by atoms with van der Waals surface area (Å²) in [5.74, 6) is -0.512. The summed E-state index contributed by atoms with van der Waals surface area (Å²) in [5, 5.41) is 2.66. The molecule has 0 atom stereocenters. The van der Waals surface area contributed by atoms with Crippen molar-refractivity contribution in [1.29, 1.82) is 0 Å². The molecule has 3 N–H and O–H groups in total. The first-order valence-corrected chi connectivity index (χ1v) is 13.6. The van der Waals surface area contributed by atoms with Crippen LogP contribution in [-0.2, 0) is 26.5 Å². The van der Waals surface area contributed by atoms with Crippen LogP contribution in [0.5, 0.6) is 5.75 Å². The van der Waals surface area contributed by atoms with Crippen molar-refractivity contribution in [3.63, 3.8) is 0 Å². The maximum Gasteiger partial charge on any atom is 0.255 e. The Bertz CT molecular complexity index is 1420. The minimum Gasteiger partial charge on any atom is -0.495 e. The average Bonchev–Trinajstić information content (AvgIpc) is 2.85. The maximum absolute atomic E-state index is 13.0. The third kappa shape index (κ3) is 6.45. The maximum atomic E-state index is 13.0. The Hall–Kier alpha value is -3.25. The molecule has 0 aromatic heterocycles. The van der Waals surface area contributed by atoms with Crippen LogP contribution in [-0.4, -0.2) is 43.4 Å². The van der Waals surface area contributed by atoms with Gasteiger partial charge in [-0.25, -0.2) is 26.3 Å². The van der Waals surface area contributed by atoms with Crippen molar-refractivity contribution in [2.45, 2.75) is 23.1 Å². The van der Waals surface area contributed by atoms with Gasteiger partial charge in [0.05, 0.1) is 12.0 Å². The zero-order valence-electron chi connectivity index (χ0n) is 19.5. The molecule has 35 heavy (non-hydrogen) atoms. The summed E-state index contributed by atoms with van der Waals surface area (Å²) in [6, 6.07) is 17.8. The summed E-state index contributed by atoms with van der Waals surface area (Å²) in [5.41, 5.74) is 1.97. The van der Waals surface area contributed by atoms with Gasteiger partial charge in [0.1, 0.15) is 10.6 Å². The highest BCUT2D eigenvalue weighted by atomic mass is 32.2. The van der Waals surface area contributed by atoms with Gasteiger partial charge in [-0.3, -0.25) is 4.79 Å². The van der Waals surface area contributed by atoms with Gasteiger partial charge < -0.3 is 10.1 Å². The minimum atomic E-state index is -3.98. The zero-order valence-corrected chi connectivity index (χ0v) is 21.2. The molecule has 0 radical (unpaired) electrons. The van der Waals surface area contributed by atoms with E-state index in [9.17, 15) is 21.6 Å². The molecule has 9 nitrogen and oxygen atoms in total. The Morgan fingerprint density at radius 3 is 2.29 bits per heavy atom. The number of amides is 1. The quantitative estimate of drug-likeness (QED) is 0.379. The lowest BCUT2D eigenvalue weighted by Gasteiger charge is -2.14. The van der Waals surface area contributed by atoms with Crippen LogP contribution in [0.15, 0.2) is 76.5 Å². The Morgan fingerprint density at radius 2 is 1.63 bits per heavy atom. The van der Waals surface area contributed by atoms with Gasteiger partial charge in [-0.05, 0) is 61.9 Å². The van der Waals surface area contributed by atoms with Crippen molar-refractivity contribution in [3.05, 3.63) is 83.4 Å². The fourth-order valence-corrected chi connectivity index (χ4v) is 5.28. The second-order valence-electron chi connectivity index (χ2n) is 7.64. The number of rotatable bonds is 10. The normalized spacial score (nSPS) is 11.7. The first kappa shape index (κ1) is 26.4. The third-order valence-corrected chi connectivity index (χ3v) is 8.19. The smallest absolute Gasteiger partial charge is 0.255 e. The second-order valence-corrected chi connectivity index (χ2v) is 11.3. The standard InChI is InChI=1S/C24H27N3O6S2/c1-17-9-11-20(34(29,30)25-2)16-21(17)27-24(28)19-10-12-22(33-3)23(15-19)35(31,32)26-14-13-18-7-5-4-6-8-18/h4-12,15-16,25-26H,13-14H2,1-3H3,(H,27,28). The lowest BCUT2D eigenvalue weighted by atomic mass is 10.1. The van der Waals surface area contributed by atoms with Gasteiger partial charge in [-0.2, -0.15) is 0 Å². The van der Waals surface area contributed by atoms with Gasteiger partial charge in [0.2, 0.25) is 20.0 Å². The molecule has 0 heterocycles. The predicted octanol–water partition coefficient (Wildman–Crippen LogP) is 2.69. The van der Waals surface area contributed by atoms with Crippen molar-refractivity contribution >= 4 is 31.6 Å². The Kier molecular flexibility index (Phi) is 8.28. The number of benzene rings is 3. The van der Waals surface area contributed by atoms with Crippen LogP contribution < -0.4 is 19.5 Å². The van der Waals surface area contributed by atoms with Crippen LogP contribution in [0.2, 0.25) is 0 Å². The van der Waals surface area contributed by atoms with Crippen molar-refractivity contribution in [1.82, 2.24) is 9.44 Å². The van der Waals surface area contributed by atoms with Crippen LogP contribution in [0.25, 0.3) is 0 Å². The number of aryl methyl sites for hydroxylation is 1. The molecular weight excluding hydrogens is 490 g/mol. The molecule has 0 bridgehead atoms. The van der Waals surface area contributed by atoms with E-state index in [2.05, 4.69) is 14.8 Å². The molecule has 0 aliphatic rings. The molecule has 186 valence electrons. The lowest BCUT2D eigenvalue weighted by molar-refractivity contribution is 0.102. The summed E-state index contributed by atoms with van der Waals surface area (Å²) < 4.78 is 60.2. The highest BCUT2D eigenvalue weighted by molar-refractivity contribution is 7.89. The number of anilines is 1. The molecule has 11 heteroatoms. The third-order valence-electron chi connectivity index (χ3n) is 5.30. The molecule has 3 aromatic carbocycles. The largest absolute Gasteiger partial charge is 0.495 e. The van der Waals surface area contributed by atoms with Crippen molar-refractivity contribution < 1.29 is 26.4 Å². The van der Waals surface area contributed by atoms with E-state index < -0.39 is 26.0 Å². The van der Waals surface area contributed by atoms with Gasteiger partial charge in [0, 0.05) is 17.8 Å². The number of ether oxygens (including phenoxy) is 1. The SMILES string of the molecule is CNS(=O)(=O)c1ccc(C)c(NC(=O)c2ccc(OC)c(S(=O)(=O)NCCc3ccccc3)c2)c1. The Morgan fingerprint density at radius 1 is 0.914 bits per heavy atom. The van der Waals surface area contributed by atoms with E-state index in [1.54, 1.807) is 13.0 Å². The number of hydrogen-bond donors (Lipinski definition) is 3. The number of carbonyl (C=O) groups is 1. The fourth-order valence-electron chi connectivity index (χ4n) is 3.30. The average molecular weight is 518 g/mol. The molecule has 0 unspecified atom stereocenters. The number of methoxy groups -OCH3 is 1. The Balaban J connectivity index is 1.84. The minimum absolute atomic E-state index is 0.0125. The molecule has 3 aromatic rings. The fraction of sp³-hybridized carbons (Fsp3) is 0.208. The van der Waals surface area contributed by atoms with Gasteiger partial charge in [0.25, 0.3) is 5.91 Å². The number of nitrogens with one attached hydrogen (secondary N) is 3. The van der Waals surface area contributed by atoms with Gasteiger partial charge in [0.15, 0.2) is 0 Å². The summed E-state index contributed by atoms with van der Waals surface area (Å²) in [6.07, 6.45) is 0.494. The van der Waals surface area contributed by atoms with E-state index in [4.69, 9.17) is 4.74 Å². The van der Waals surface area contributed by atoms with Crippen LogP contribution in [0, 0.1) is 6.92 Å². The molecular formula is C24H27N3O6S2. The summed E-state index contributed by atoms with van der Waals surface area (Å²) in [7, 11) is -5.05. The molecule has 0 aliphatic heterocycles. The van der Waals surface area contributed by atoms with Crippen molar-refractivity contribution in [3.8, 4) is 5.75 Å². The summed E-state index contributed by atoms with van der Waals surface area (Å²) >= 11 is 0.